The second kappa shape index (κ2) is 8.29. The number of nitrogens with zero attached hydrogens (tertiary/aromatic N) is 1. The minimum absolute atomic E-state index is 0.508. The Morgan fingerprint density at radius 3 is 2.69 bits per heavy atom. The topological polar surface area (TPSA) is 35.3 Å². The van der Waals surface area contributed by atoms with E-state index in [0.717, 1.165) is 51.4 Å². The fourth-order valence-electron chi connectivity index (χ4n) is 2.95. The number of hydrogen-bond acceptors (Lipinski definition) is 4. The molecule has 0 aliphatic rings. The molecule has 0 amide bonds. The van der Waals surface area contributed by atoms with Crippen molar-refractivity contribution in [3.05, 3.63) is 77.5 Å². The predicted octanol–water partition coefficient (Wildman–Crippen LogP) is 6.99. The molecule has 0 unspecified atom stereocenters. The van der Waals surface area contributed by atoms with Gasteiger partial charge in [0, 0.05) is 5.56 Å². The van der Waals surface area contributed by atoms with Gasteiger partial charge in [0.05, 0.1) is 12.2 Å². The van der Waals surface area contributed by atoms with Gasteiger partial charge >= 0.3 is 6.18 Å². The molecule has 2 aromatic carbocycles. The molecule has 0 spiro atoms. The lowest BCUT2D eigenvalue weighted by Gasteiger charge is -2.08. The van der Waals surface area contributed by atoms with Crippen molar-refractivity contribution in [2.45, 2.75) is 19.0 Å². The van der Waals surface area contributed by atoms with Crippen molar-refractivity contribution in [1.29, 1.82) is 0 Å². The van der Waals surface area contributed by atoms with Gasteiger partial charge in [-0.25, -0.2) is 0 Å². The van der Waals surface area contributed by atoms with Crippen LogP contribution < -0.4 is 4.74 Å². The molecule has 149 valence electrons. The molecule has 29 heavy (non-hydrogen) atoms. The molecule has 4 aromatic rings. The zero-order valence-corrected chi connectivity index (χ0v) is 16.1. The van der Waals surface area contributed by atoms with Crippen molar-refractivity contribution in [1.82, 2.24) is 5.16 Å². The highest BCUT2D eigenvalue weighted by Gasteiger charge is 2.29. The molecule has 3 nitrogen and oxygen atoms in total. The highest BCUT2D eigenvalue weighted by Crippen LogP contribution is 2.33. The Labute approximate surface area is 169 Å². The van der Waals surface area contributed by atoms with E-state index < -0.39 is 11.7 Å². The van der Waals surface area contributed by atoms with Crippen LogP contribution in [0.4, 0.5) is 13.2 Å². The van der Waals surface area contributed by atoms with Crippen LogP contribution in [-0.2, 0) is 6.18 Å². The third kappa shape index (κ3) is 4.62. The van der Waals surface area contributed by atoms with Crippen LogP contribution in [0.2, 0.25) is 0 Å². The summed E-state index contributed by atoms with van der Waals surface area (Å²) in [7, 11) is 0. The van der Waals surface area contributed by atoms with Crippen molar-refractivity contribution in [3.8, 4) is 17.0 Å². The molecule has 0 N–H and O–H groups in total. The summed E-state index contributed by atoms with van der Waals surface area (Å²) >= 11 is 1.58. The monoisotopic (exact) mass is 416 g/mol. The Balaban J connectivity index is 1.28. The summed E-state index contributed by atoms with van der Waals surface area (Å²) < 4.78 is 49.9. The smallest absolute Gasteiger partial charge is 0.416 e. The van der Waals surface area contributed by atoms with Gasteiger partial charge in [0.15, 0.2) is 5.58 Å². The Morgan fingerprint density at radius 1 is 1.07 bits per heavy atom. The largest absolute Gasteiger partial charge is 0.494 e. The molecule has 0 aliphatic carbocycles. The third-order valence-electron chi connectivity index (χ3n) is 4.42. The number of benzene rings is 2. The van der Waals surface area contributed by atoms with Gasteiger partial charge in [-0.3, -0.25) is 0 Å². The summed E-state index contributed by atoms with van der Waals surface area (Å²) in [5.74, 6) is 0.740. The van der Waals surface area contributed by atoms with Crippen LogP contribution in [0.3, 0.4) is 0 Å². The number of aromatic nitrogens is 1. The maximum Gasteiger partial charge on any atom is 0.416 e. The highest BCUT2D eigenvalue weighted by atomic mass is 32.1. The van der Waals surface area contributed by atoms with E-state index in [2.05, 4.69) is 5.16 Å². The van der Waals surface area contributed by atoms with Crippen LogP contribution in [0.5, 0.6) is 5.75 Å². The van der Waals surface area contributed by atoms with Crippen LogP contribution >= 0.6 is 11.3 Å². The third-order valence-corrected chi connectivity index (χ3v) is 5.32. The van der Waals surface area contributed by atoms with E-state index >= 15 is 0 Å². The first-order valence-corrected chi connectivity index (χ1v) is 9.95. The van der Waals surface area contributed by atoms with Crippen LogP contribution in [0.15, 0.2) is 64.5 Å². The number of hydrogen-bond donors (Lipinski definition) is 0. The molecule has 0 fully saturated rings. The Hall–Kier alpha value is -2.80. The minimum Gasteiger partial charge on any atom is -0.494 e. The number of fused-ring (bicyclic) bond motifs is 1. The zero-order valence-electron chi connectivity index (χ0n) is 15.3. The Bertz CT molecular complexity index is 1080. The van der Waals surface area contributed by atoms with Crippen LogP contribution in [0.25, 0.3) is 21.5 Å². The normalized spacial score (nSPS) is 11.8. The van der Waals surface area contributed by atoms with Crippen molar-refractivity contribution in [2.24, 2.45) is 0 Å². The number of alkyl halides is 3. The van der Waals surface area contributed by atoms with Gasteiger partial charge < -0.3 is 9.26 Å². The highest BCUT2D eigenvalue weighted by molar-refractivity contribution is 7.17. The first-order valence-electron chi connectivity index (χ1n) is 9.07. The molecule has 0 bridgehead atoms. The molecular weight excluding hydrogens is 399 g/mol. The SMILES string of the molecule is FC(F)(F)c1ccc([CH]CCCOc2cccc(-c3noc4ccsc34)c2)cc1. The summed E-state index contributed by atoms with van der Waals surface area (Å²) in [6.45, 7) is 0.508. The summed E-state index contributed by atoms with van der Waals surface area (Å²) in [6, 6.07) is 14.7. The van der Waals surface area contributed by atoms with E-state index in [1.807, 2.05) is 42.1 Å². The molecule has 0 saturated carbocycles. The van der Waals surface area contributed by atoms with Gasteiger partial charge in [-0.15, -0.1) is 11.3 Å². The Morgan fingerprint density at radius 2 is 1.90 bits per heavy atom. The number of halogens is 3. The van der Waals surface area contributed by atoms with Gasteiger partial charge in [0.1, 0.15) is 16.1 Å². The summed E-state index contributed by atoms with van der Waals surface area (Å²) in [5.41, 5.74) is 2.64. The number of thiophene rings is 1. The lowest BCUT2D eigenvalue weighted by molar-refractivity contribution is -0.137. The predicted molar refractivity (Wildman–Crippen MR) is 107 cm³/mol. The standard InChI is InChI=1S/C22H17F3NO2S/c23-22(24,25)17-9-7-15(8-10-17)4-1-2-12-27-18-6-3-5-16(14-18)20-21-19(28-26-20)11-13-29-21/h3-11,13-14H,1-2,12H2. The van der Waals surface area contributed by atoms with Crippen LogP contribution in [-0.4, -0.2) is 11.8 Å². The van der Waals surface area contributed by atoms with E-state index in [1.54, 1.807) is 11.3 Å². The quantitative estimate of drug-likeness (QED) is 0.305. The number of rotatable bonds is 7. The van der Waals surface area contributed by atoms with Gasteiger partial charge in [0.25, 0.3) is 0 Å². The molecule has 1 radical (unpaired) electrons. The minimum atomic E-state index is -4.30. The fraction of sp³-hybridized carbons (Fsp3) is 0.182. The van der Waals surface area contributed by atoms with Crippen LogP contribution in [0, 0.1) is 6.42 Å². The maximum atomic E-state index is 12.6. The van der Waals surface area contributed by atoms with Gasteiger partial charge in [-0.2, -0.15) is 13.2 Å². The first-order chi connectivity index (χ1) is 14.0. The van der Waals surface area contributed by atoms with E-state index in [9.17, 15) is 13.2 Å². The van der Waals surface area contributed by atoms with Gasteiger partial charge in [-0.1, -0.05) is 29.4 Å². The van der Waals surface area contributed by atoms with Crippen LogP contribution in [0.1, 0.15) is 24.0 Å². The molecule has 4 rings (SSSR count). The lowest BCUT2D eigenvalue weighted by atomic mass is 10.1. The molecular formula is C22H17F3NO2S. The Kier molecular flexibility index (Phi) is 5.58. The van der Waals surface area contributed by atoms with E-state index in [-0.39, 0.29) is 0 Å². The molecule has 0 aliphatic heterocycles. The molecule has 2 aromatic heterocycles. The van der Waals surface area contributed by atoms with Crippen molar-refractivity contribution in [2.75, 3.05) is 6.61 Å². The summed E-state index contributed by atoms with van der Waals surface area (Å²) in [4.78, 5) is 0. The average Bonchev–Trinajstić information content (AvgIpc) is 3.31. The van der Waals surface area contributed by atoms with Crippen molar-refractivity contribution in [3.63, 3.8) is 0 Å². The van der Waals surface area contributed by atoms with Crippen molar-refractivity contribution < 1.29 is 22.4 Å². The number of unbranched alkanes of at least 4 members (excludes halogenated alkanes) is 1. The summed E-state index contributed by atoms with van der Waals surface area (Å²) in [5, 5.41) is 6.10. The maximum absolute atomic E-state index is 12.6. The zero-order chi connectivity index (χ0) is 20.3. The van der Waals surface area contributed by atoms with Crippen molar-refractivity contribution >= 4 is 21.6 Å². The molecule has 0 atom stereocenters. The van der Waals surface area contributed by atoms with E-state index in [1.165, 1.54) is 12.1 Å². The molecule has 2 heterocycles. The molecule has 0 saturated heterocycles. The summed E-state index contributed by atoms with van der Waals surface area (Å²) in [6.07, 6.45) is -0.931. The van der Waals surface area contributed by atoms with Gasteiger partial charge in [0.2, 0.25) is 0 Å². The second-order valence-electron chi connectivity index (χ2n) is 6.49. The second-order valence-corrected chi connectivity index (χ2v) is 7.40. The number of ether oxygens (including phenoxy) is 1. The van der Waals surface area contributed by atoms with E-state index in [0.29, 0.717) is 13.0 Å². The van der Waals surface area contributed by atoms with Gasteiger partial charge in [-0.05, 0) is 60.5 Å². The molecule has 7 heteroatoms. The first kappa shape index (κ1) is 19.5. The fourth-order valence-corrected chi connectivity index (χ4v) is 3.76. The average molecular weight is 416 g/mol. The van der Waals surface area contributed by atoms with E-state index in [4.69, 9.17) is 9.26 Å². The lowest BCUT2D eigenvalue weighted by Crippen LogP contribution is -2.04.